The van der Waals surface area contributed by atoms with Crippen LogP contribution < -0.4 is 14.8 Å². The summed E-state index contributed by atoms with van der Waals surface area (Å²) in [5.74, 6) is -1.19. The first-order valence-electron chi connectivity index (χ1n) is 7.85. The minimum absolute atomic E-state index is 0.00647. The van der Waals surface area contributed by atoms with E-state index >= 15 is 0 Å². The Bertz CT molecular complexity index is 931. The number of fused-ring (bicyclic) bond motifs is 1. The molecule has 0 bridgehead atoms. The summed E-state index contributed by atoms with van der Waals surface area (Å²) in [7, 11) is -4.08. The average Bonchev–Trinajstić information content (AvgIpc) is 2.59. The van der Waals surface area contributed by atoms with Crippen LogP contribution in [0.3, 0.4) is 0 Å². The number of sulfonamides is 1. The SMILES string of the molecule is O=C1CCc2cc(S(=O)(=O)NCCOc3ccc(F)cc3)c(F)cc2N1. The van der Waals surface area contributed by atoms with Crippen LogP contribution in [0.15, 0.2) is 41.3 Å². The smallest absolute Gasteiger partial charge is 0.243 e. The number of carbonyl (C=O) groups excluding carboxylic acids is 1. The Morgan fingerprint density at radius 1 is 1.12 bits per heavy atom. The molecule has 0 saturated carbocycles. The molecule has 0 aliphatic carbocycles. The highest BCUT2D eigenvalue weighted by atomic mass is 32.2. The molecule has 0 spiro atoms. The Kier molecular flexibility index (Phi) is 5.19. The van der Waals surface area contributed by atoms with Crippen LogP contribution in [0, 0.1) is 11.6 Å². The Morgan fingerprint density at radius 2 is 1.85 bits per heavy atom. The molecule has 6 nitrogen and oxygen atoms in total. The molecule has 1 aliphatic heterocycles. The van der Waals surface area contributed by atoms with E-state index in [1.165, 1.54) is 30.3 Å². The van der Waals surface area contributed by atoms with Gasteiger partial charge >= 0.3 is 0 Å². The van der Waals surface area contributed by atoms with E-state index < -0.39 is 26.6 Å². The highest BCUT2D eigenvalue weighted by Gasteiger charge is 2.24. The van der Waals surface area contributed by atoms with E-state index in [0.29, 0.717) is 17.7 Å². The maximum atomic E-state index is 14.2. The second kappa shape index (κ2) is 7.38. The molecular weight excluding hydrogens is 366 g/mol. The summed E-state index contributed by atoms with van der Waals surface area (Å²) >= 11 is 0. The number of carbonyl (C=O) groups is 1. The van der Waals surface area contributed by atoms with Crippen LogP contribution in [-0.2, 0) is 21.2 Å². The molecule has 9 heteroatoms. The number of ether oxygens (including phenoxy) is 1. The first kappa shape index (κ1) is 18.3. The summed E-state index contributed by atoms with van der Waals surface area (Å²) in [6.45, 7) is -0.0968. The molecule has 1 aliphatic rings. The molecule has 2 N–H and O–H groups in total. The Hall–Kier alpha value is -2.52. The van der Waals surface area contributed by atoms with Gasteiger partial charge in [-0.1, -0.05) is 0 Å². The van der Waals surface area contributed by atoms with Gasteiger partial charge in [0.05, 0.1) is 0 Å². The molecule has 3 rings (SSSR count). The maximum absolute atomic E-state index is 14.2. The molecular formula is C17H16F2N2O4S. The van der Waals surface area contributed by atoms with E-state index in [9.17, 15) is 22.0 Å². The van der Waals surface area contributed by atoms with E-state index in [2.05, 4.69) is 10.0 Å². The number of amides is 1. The summed E-state index contributed by atoms with van der Waals surface area (Å²) in [4.78, 5) is 10.9. The second-order valence-corrected chi connectivity index (χ2v) is 7.42. The number of nitrogens with one attached hydrogen (secondary N) is 2. The van der Waals surface area contributed by atoms with E-state index in [1.807, 2.05) is 0 Å². The van der Waals surface area contributed by atoms with Gasteiger partial charge in [-0.2, -0.15) is 0 Å². The number of aryl methyl sites for hydroxylation is 1. The van der Waals surface area contributed by atoms with Gasteiger partial charge in [0, 0.05) is 18.7 Å². The average molecular weight is 382 g/mol. The number of halogens is 2. The summed E-state index contributed by atoms with van der Waals surface area (Å²) in [5, 5.41) is 2.51. The van der Waals surface area contributed by atoms with Crippen molar-refractivity contribution in [1.82, 2.24) is 4.72 Å². The maximum Gasteiger partial charge on any atom is 0.243 e. The van der Waals surface area contributed by atoms with Gasteiger partial charge in [-0.25, -0.2) is 21.9 Å². The minimum atomic E-state index is -4.08. The van der Waals surface area contributed by atoms with Gasteiger partial charge in [-0.05, 0) is 48.4 Å². The molecule has 138 valence electrons. The molecule has 1 heterocycles. The highest BCUT2D eigenvalue weighted by molar-refractivity contribution is 7.89. The van der Waals surface area contributed by atoms with Crippen molar-refractivity contribution in [3.8, 4) is 5.75 Å². The van der Waals surface area contributed by atoms with Crippen molar-refractivity contribution < 1.29 is 26.7 Å². The van der Waals surface area contributed by atoms with Crippen molar-refractivity contribution >= 4 is 21.6 Å². The lowest BCUT2D eigenvalue weighted by molar-refractivity contribution is -0.116. The molecule has 0 unspecified atom stereocenters. The van der Waals surface area contributed by atoms with Gasteiger partial charge in [0.1, 0.15) is 28.9 Å². The Balaban J connectivity index is 1.64. The number of hydrogen-bond acceptors (Lipinski definition) is 4. The standard InChI is InChI=1S/C17H16F2N2O4S/c18-12-2-4-13(5-3-12)25-8-7-20-26(23,24)16-9-11-1-6-17(22)21-15(11)10-14(16)19/h2-5,9-10,20H,1,6-8H2,(H,21,22). The van der Waals surface area contributed by atoms with Crippen LogP contribution in [0.1, 0.15) is 12.0 Å². The van der Waals surface area contributed by atoms with Crippen LogP contribution in [0.4, 0.5) is 14.5 Å². The largest absolute Gasteiger partial charge is 0.492 e. The molecule has 26 heavy (non-hydrogen) atoms. The lowest BCUT2D eigenvalue weighted by Crippen LogP contribution is -2.29. The monoisotopic (exact) mass is 382 g/mol. The molecule has 2 aromatic carbocycles. The molecule has 1 amide bonds. The molecule has 0 fully saturated rings. The van der Waals surface area contributed by atoms with Crippen molar-refractivity contribution in [3.63, 3.8) is 0 Å². The zero-order chi connectivity index (χ0) is 18.7. The van der Waals surface area contributed by atoms with Gasteiger partial charge in [-0.3, -0.25) is 4.79 Å². The van der Waals surface area contributed by atoms with Crippen molar-refractivity contribution in [2.24, 2.45) is 0 Å². The summed E-state index contributed by atoms with van der Waals surface area (Å²) < 4.78 is 59.1. The van der Waals surface area contributed by atoms with E-state index in [-0.39, 0.29) is 31.2 Å². The van der Waals surface area contributed by atoms with E-state index in [1.54, 1.807) is 0 Å². The fraction of sp³-hybridized carbons (Fsp3) is 0.235. The van der Waals surface area contributed by atoms with Gasteiger partial charge in [0.15, 0.2) is 0 Å². The third-order valence-electron chi connectivity index (χ3n) is 3.82. The van der Waals surface area contributed by atoms with Crippen molar-refractivity contribution in [2.45, 2.75) is 17.7 Å². The first-order chi connectivity index (χ1) is 12.3. The van der Waals surface area contributed by atoms with Crippen LogP contribution in [-0.4, -0.2) is 27.5 Å². The van der Waals surface area contributed by atoms with Crippen LogP contribution in [0.2, 0.25) is 0 Å². The van der Waals surface area contributed by atoms with Gasteiger partial charge in [-0.15, -0.1) is 0 Å². The fourth-order valence-electron chi connectivity index (χ4n) is 2.54. The van der Waals surface area contributed by atoms with Crippen LogP contribution in [0.25, 0.3) is 0 Å². The molecule has 0 aromatic heterocycles. The van der Waals surface area contributed by atoms with E-state index in [0.717, 1.165) is 6.07 Å². The quantitative estimate of drug-likeness (QED) is 0.751. The summed E-state index contributed by atoms with van der Waals surface area (Å²) in [5.41, 5.74) is 0.853. The minimum Gasteiger partial charge on any atom is -0.492 e. The normalized spacial score (nSPS) is 13.8. The number of anilines is 1. The Morgan fingerprint density at radius 3 is 2.58 bits per heavy atom. The van der Waals surface area contributed by atoms with Gasteiger partial charge in [0.25, 0.3) is 0 Å². The Labute approximate surface area is 149 Å². The number of benzene rings is 2. The summed E-state index contributed by atoms with van der Waals surface area (Å²) in [6.07, 6.45) is 0.564. The van der Waals surface area contributed by atoms with Crippen LogP contribution in [0.5, 0.6) is 5.75 Å². The predicted octanol–water partition coefficient (Wildman–Crippen LogP) is 2.21. The van der Waals surface area contributed by atoms with E-state index in [4.69, 9.17) is 4.74 Å². The van der Waals surface area contributed by atoms with Crippen LogP contribution >= 0.6 is 0 Å². The highest BCUT2D eigenvalue weighted by Crippen LogP contribution is 2.28. The van der Waals surface area contributed by atoms with Gasteiger partial charge < -0.3 is 10.1 Å². The lowest BCUT2D eigenvalue weighted by atomic mass is 10.0. The molecule has 0 radical (unpaired) electrons. The first-order valence-corrected chi connectivity index (χ1v) is 9.34. The predicted molar refractivity (Wildman–Crippen MR) is 90.4 cm³/mol. The van der Waals surface area contributed by atoms with Gasteiger partial charge in [0.2, 0.25) is 15.9 Å². The number of rotatable bonds is 6. The lowest BCUT2D eigenvalue weighted by Gasteiger charge is -2.18. The molecule has 2 aromatic rings. The second-order valence-electron chi connectivity index (χ2n) is 5.69. The van der Waals surface area contributed by atoms with Crippen molar-refractivity contribution in [1.29, 1.82) is 0 Å². The zero-order valence-electron chi connectivity index (χ0n) is 13.6. The van der Waals surface area contributed by atoms with Crippen molar-refractivity contribution in [2.75, 3.05) is 18.5 Å². The fourth-order valence-corrected chi connectivity index (χ4v) is 3.66. The molecule has 0 saturated heterocycles. The number of hydrogen-bond donors (Lipinski definition) is 2. The summed E-state index contributed by atoms with van der Waals surface area (Å²) in [6, 6.07) is 7.52. The zero-order valence-corrected chi connectivity index (χ0v) is 14.4. The molecule has 0 atom stereocenters. The third kappa shape index (κ3) is 4.17. The topological polar surface area (TPSA) is 84.5 Å². The third-order valence-corrected chi connectivity index (χ3v) is 5.30. The van der Waals surface area contributed by atoms with Crippen molar-refractivity contribution in [3.05, 3.63) is 53.6 Å².